The van der Waals surface area contributed by atoms with E-state index < -0.39 is 0 Å². The Kier molecular flexibility index (Phi) is 3.46. The molecule has 0 spiro atoms. The van der Waals surface area contributed by atoms with Crippen LogP contribution in [-0.2, 0) is 6.42 Å². The van der Waals surface area contributed by atoms with Crippen LogP contribution in [0.1, 0.15) is 37.7 Å². The summed E-state index contributed by atoms with van der Waals surface area (Å²) in [5.41, 5.74) is 1.52. The van der Waals surface area contributed by atoms with E-state index in [1.54, 1.807) is 0 Å². The molecule has 1 aliphatic carbocycles. The van der Waals surface area contributed by atoms with E-state index in [-0.39, 0.29) is 0 Å². The summed E-state index contributed by atoms with van der Waals surface area (Å²) in [5, 5.41) is 0. The van der Waals surface area contributed by atoms with Crippen molar-refractivity contribution in [1.82, 2.24) is 4.90 Å². The van der Waals surface area contributed by atoms with Crippen LogP contribution in [0.4, 0.5) is 0 Å². The molecule has 2 atom stereocenters. The van der Waals surface area contributed by atoms with E-state index in [0.29, 0.717) is 0 Å². The number of hydrogen-bond donors (Lipinski definition) is 0. The molecule has 92 valence electrons. The van der Waals surface area contributed by atoms with Gasteiger partial charge in [0.05, 0.1) is 0 Å². The number of hydrogen-bond acceptors (Lipinski definition) is 1. The Balaban J connectivity index is 1.52. The summed E-state index contributed by atoms with van der Waals surface area (Å²) < 4.78 is 0. The Labute approximate surface area is 105 Å². The molecule has 1 saturated heterocycles. The Morgan fingerprint density at radius 2 is 1.65 bits per heavy atom. The fourth-order valence-corrected chi connectivity index (χ4v) is 3.24. The van der Waals surface area contributed by atoms with E-state index >= 15 is 0 Å². The third-order valence-corrected chi connectivity index (χ3v) is 4.34. The van der Waals surface area contributed by atoms with Gasteiger partial charge in [0.1, 0.15) is 0 Å². The molecular formula is C16H23N. The molecular weight excluding hydrogens is 206 g/mol. The van der Waals surface area contributed by atoms with Gasteiger partial charge in [-0.3, -0.25) is 0 Å². The highest BCUT2D eigenvalue weighted by molar-refractivity contribution is 5.17. The molecule has 1 aromatic rings. The normalized spacial score (nSPS) is 29.9. The highest BCUT2D eigenvalue weighted by atomic mass is 15.2. The SMILES string of the molecule is c1ccc(C[C@H]2C[C@@H]2N2CCCCCC2)cc1. The van der Waals surface area contributed by atoms with Gasteiger partial charge < -0.3 is 4.90 Å². The van der Waals surface area contributed by atoms with Crippen LogP contribution in [0.25, 0.3) is 0 Å². The summed E-state index contributed by atoms with van der Waals surface area (Å²) in [7, 11) is 0. The minimum absolute atomic E-state index is 0.910. The first kappa shape index (κ1) is 11.3. The molecule has 1 aromatic carbocycles. The lowest BCUT2D eigenvalue weighted by Crippen LogP contribution is -2.28. The topological polar surface area (TPSA) is 3.24 Å². The molecule has 0 unspecified atom stereocenters. The fraction of sp³-hybridized carbons (Fsp3) is 0.625. The van der Waals surface area contributed by atoms with Gasteiger partial charge in [-0.1, -0.05) is 43.2 Å². The molecule has 3 rings (SSSR count). The second-order valence-corrected chi connectivity index (χ2v) is 5.70. The van der Waals surface area contributed by atoms with Crippen molar-refractivity contribution < 1.29 is 0 Å². The van der Waals surface area contributed by atoms with Crippen molar-refractivity contribution >= 4 is 0 Å². The van der Waals surface area contributed by atoms with E-state index in [2.05, 4.69) is 35.2 Å². The summed E-state index contributed by atoms with van der Waals surface area (Å²) in [6.45, 7) is 2.71. The number of likely N-dealkylation sites (tertiary alicyclic amines) is 1. The van der Waals surface area contributed by atoms with Crippen LogP contribution in [0.2, 0.25) is 0 Å². The summed E-state index contributed by atoms with van der Waals surface area (Å²) in [5.74, 6) is 0.940. The third-order valence-electron chi connectivity index (χ3n) is 4.34. The zero-order valence-corrected chi connectivity index (χ0v) is 10.6. The monoisotopic (exact) mass is 229 g/mol. The lowest BCUT2D eigenvalue weighted by molar-refractivity contribution is 0.262. The van der Waals surface area contributed by atoms with Crippen LogP contribution < -0.4 is 0 Å². The van der Waals surface area contributed by atoms with Crippen molar-refractivity contribution in [2.75, 3.05) is 13.1 Å². The quantitative estimate of drug-likeness (QED) is 0.767. The zero-order valence-electron chi connectivity index (χ0n) is 10.6. The van der Waals surface area contributed by atoms with E-state index in [9.17, 15) is 0 Å². The maximum Gasteiger partial charge on any atom is 0.0131 e. The van der Waals surface area contributed by atoms with Crippen molar-refractivity contribution in [3.63, 3.8) is 0 Å². The Bertz CT molecular complexity index is 338. The van der Waals surface area contributed by atoms with Crippen molar-refractivity contribution in [3.05, 3.63) is 35.9 Å². The molecule has 0 amide bonds. The molecule has 0 radical (unpaired) electrons. The van der Waals surface area contributed by atoms with E-state index in [1.807, 2.05) is 0 Å². The predicted molar refractivity (Wildman–Crippen MR) is 72.1 cm³/mol. The average Bonchev–Trinajstić information content (AvgIpc) is 3.13. The van der Waals surface area contributed by atoms with Gasteiger partial charge in [-0.25, -0.2) is 0 Å². The maximum absolute atomic E-state index is 2.76. The van der Waals surface area contributed by atoms with Gasteiger partial charge in [0.2, 0.25) is 0 Å². The van der Waals surface area contributed by atoms with E-state index in [0.717, 1.165) is 12.0 Å². The lowest BCUT2D eigenvalue weighted by Gasteiger charge is -2.19. The van der Waals surface area contributed by atoms with Gasteiger partial charge in [-0.15, -0.1) is 0 Å². The van der Waals surface area contributed by atoms with E-state index in [4.69, 9.17) is 0 Å². The second kappa shape index (κ2) is 5.22. The molecule has 0 aromatic heterocycles. The first-order valence-corrected chi connectivity index (χ1v) is 7.21. The summed E-state index contributed by atoms with van der Waals surface area (Å²) in [6, 6.07) is 11.9. The molecule has 17 heavy (non-hydrogen) atoms. The van der Waals surface area contributed by atoms with Gasteiger partial charge in [-0.05, 0) is 50.3 Å². The molecule has 1 heterocycles. The van der Waals surface area contributed by atoms with Gasteiger partial charge in [0.15, 0.2) is 0 Å². The highest BCUT2D eigenvalue weighted by Gasteiger charge is 2.40. The Morgan fingerprint density at radius 1 is 0.941 bits per heavy atom. The molecule has 1 saturated carbocycles. The highest BCUT2D eigenvalue weighted by Crippen LogP contribution is 2.39. The molecule has 1 heteroatoms. The minimum atomic E-state index is 0.910. The van der Waals surface area contributed by atoms with Crippen LogP contribution in [0, 0.1) is 5.92 Å². The molecule has 2 aliphatic rings. The van der Waals surface area contributed by atoms with Gasteiger partial charge >= 0.3 is 0 Å². The van der Waals surface area contributed by atoms with Gasteiger partial charge in [-0.2, -0.15) is 0 Å². The Morgan fingerprint density at radius 3 is 2.35 bits per heavy atom. The number of nitrogens with zero attached hydrogens (tertiary/aromatic N) is 1. The van der Waals surface area contributed by atoms with Gasteiger partial charge in [0, 0.05) is 6.04 Å². The average molecular weight is 229 g/mol. The lowest BCUT2D eigenvalue weighted by atomic mass is 10.1. The molecule has 1 aliphatic heterocycles. The first-order chi connectivity index (χ1) is 8.43. The standard InChI is InChI=1S/C16H23N/c1-2-7-11-17(10-6-1)16-13-15(16)12-14-8-4-3-5-9-14/h3-5,8-9,15-16H,1-2,6-7,10-13H2/t15-,16-/m0/s1. The number of rotatable bonds is 3. The maximum atomic E-state index is 2.76. The second-order valence-electron chi connectivity index (χ2n) is 5.70. The zero-order chi connectivity index (χ0) is 11.5. The van der Waals surface area contributed by atoms with Crippen molar-refractivity contribution in [2.24, 2.45) is 5.92 Å². The van der Waals surface area contributed by atoms with E-state index in [1.165, 1.54) is 57.2 Å². The summed E-state index contributed by atoms with van der Waals surface area (Å²) >= 11 is 0. The Hall–Kier alpha value is -0.820. The smallest absolute Gasteiger partial charge is 0.0131 e. The van der Waals surface area contributed by atoms with Crippen LogP contribution in [0.5, 0.6) is 0 Å². The minimum Gasteiger partial charge on any atom is -0.300 e. The molecule has 1 nitrogen and oxygen atoms in total. The van der Waals surface area contributed by atoms with Crippen molar-refractivity contribution in [1.29, 1.82) is 0 Å². The molecule has 0 bridgehead atoms. The van der Waals surface area contributed by atoms with Gasteiger partial charge in [0.25, 0.3) is 0 Å². The van der Waals surface area contributed by atoms with Crippen LogP contribution >= 0.6 is 0 Å². The largest absolute Gasteiger partial charge is 0.300 e. The third kappa shape index (κ3) is 2.90. The van der Waals surface area contributed by atoms with Crippen molar-refractivity contribution in [3.8, 4) is 0 Å². The van der Waals surface area contributed by atoms with Crippen LogP contribution in [-0.4, -0.2) is 24.0 Å². The summed E-state index contributed by atoms with van der Waals surface area (Å²) in [4.78, 5) is 2.76. The summed E-state index contributed by atoms with van der Waals surface area (Å²) in [6.07, 6.45) is 8.49. The molecule has 2 fully saturated rings. The predicted octanol–water partition coefficient (Wildman–Crippen LogP) is 3.49. The molecule has 0 N–H and O–H groups in total. The fourth-order valence-electron chi connectivity index (χ4n) is 3.24. The van der Waals surface area contributed by atoms with Crippen LogP contribution in [0.3, 0.4) is 0 Å². The number of benzene rings is 1. The van der Waals surface area contributed by atoms with Crippen LogP contribution in [0.15, 0.2) is 30.3 Å². The first-order valence-electron chi connectivity index (χ1n) is 7.21. The van der Waals surface area contributed by atoms with Crippen molar-refractivity contribution in [2.45, 2.75) is 44.6 Å².